The van der Waals surface area contributed by atoms with E-state index in [1.807, 2.05) is 0 Å². The zero-order chi connectivity index (χ0) is 29.0. The van der Waals surface area contributed by atoms with Gasteiger partial charge in [0, 0.05) is 29.5 Å². The van der Waals surface area contributed by atoms with E-state index >= 15 is 0 Å². The minimum atomic E-state index is -2.03. The molecular formula is C25H19B6N3O6. The molecule has 1 N–H and O–H groups in total. The molecule has 1 atom stereocenters. The minimum absolute atomic E-state index is 0.0387. The third kappa shape index (κ3) is 4.78. The fraction of sp³-hybridized carbons (Fsp3) is 0.360. The third-order valence-electron chi connectivity index (χ3n) is 7.39. The molecule has 3 heterocycles. The highest BCUT2D eigenvalue weighted by atomic mass is 16.5. The maximum Gasteiger partial charge on any atom is 0.255 e. The summed E-state index contributed by atoms with van der Waals surface area (Å²) in [6.07, 6.45) is 0.332. The Hall–Kier alpha value is -3.33. The van der Waals surface area contributed by atoms with E-state index in [1.54, 1.807) is 18.2 Å². The predicted octanol–water partition coefficient (Wildman–Crippen LogP) is -3.13. The van der Waals surface area contributed by atoms with Gasteiger partial charge in [-0.3, -0.25) is 24.5 Å². The number of nitrogens with one attached hydrogen (secondary N) is 1. The molecule has 40 heavy (non-hydrogen) atoms. The summed E-state index contributed by atoms with van der Waals surface area (Å²) in [5.41, 5.74) is 0.953. The molecule has 188 valence electrons. The van der Waals surface area contributed by atoms with Gasteiger partial charge in [0.15, 0.2) is 0 Å². The molecule has 5 rings (SSSR count). The molecule has 2 saturated heterocycles. The highest BCUT2D eigenvalue weighted by molar-refractivity contribution is 6.53. The maximum atomic E-state index is 13.1. The van der Waals surface area contributed by atoms with Gasteiger partial charge in [0.25, 0.3) is 5.91 Å². The van der Waals surface area contributed by atoms with Crippen LogP contribution in [0.15, 0.2) is 30.3 Å². The van der Waals surface area contributed by atoms with Crippen molar-refractivity contribution >= 4 is 81.6 Å². The summed E-state index contributed by atoms with van der Waals surface area (Å²) < 4.78 is 11.1. The highest BCUT2D eigenvalue weighted by Gasteiger charge is 2.41. The van der Waals surface area contributed by atoms with Crippen LogP contribution in [0.4, 0.5) is 0 Å². The molecule has 2 aromatic carbocycles. The summed E-state index contributed by atoms with van der Waals surface area (Å²) in [5, 5.41) is -1.55. The van der Waals surface area contributed by atoms with Crippen molar-refractivity contribution in [1.82, 2.24) is 15.1 Å². The van der Waals surface area contributed by atoms with Gasteiger partial charge in [-0.2, -0.15) is 0 Å². The number of benzene rings is 2. The molecule has 0 spiro atoms. The van der Waals surface area contributed by atoms with Gasteiger partial charge in [-0.05, 0) is 35.0 Å². The normalized spacial score (nSPS) is 19.9. The Morgan fingerprint density at radius 2 is 1.68 bits per heavy atom. The number of amides is 4. The van der Waals surface area contributed by atoms with Crippen molar-refractivity contribution in [3.63, 3.8) is 0 Å². The van der Waals surface area contributed by atoms with Crippen LogP contribution in [0.5, 0.6) is 5.75 Å². The topological polar surface area (TPSA) is 105 Å². The fourth-order valence-corrected chi connectivity index (χ4v) is 5.27. The third-order valence-corrected chi connectivity index (χ3v) is 7.39. The summed E-state index contributed by atoms with van der Waals surface area (Å²) in [6.45, 7) is 0.279. The number of hydrogen-bond acceptors (Lipinski definition) is 6. The van der Waals surface area contributed by atoms with E-state index in [9.17, 15) is 19.2 Å². The van der Waals surface area contributed by atoms with Crippen molar-refractivity contribution < 1.29 is 28.7 Å². The highest BCUT2D eigenvalue weighted by Crippen LogP contribution is 2.36. The Bertz CT molecular complexity index is 1430. The minimum Gasteiger partial charge on any atom is -0.502 e. The van der Waals surface area contributed by atoms with E-state index in [-0.39, 0.29) is 78.8 Å². The predicted molar refractivity (Wildman–Crippen MR) is 149 cm³/mol. The van der Waals surface area contributed by atoms with Crippen molar-refractivity contribution in [2.24, 2.45) is 0 Å². The quantitative estimate of drug-likeness (QED) is 0.318. The number of carbonyl (C=O) groups excluding carboxylic acids is 4. The van der Waals surface area contributed by atoms with E-state index in [4.69, 9.17) is 56.6 Å². The van der Waals surface area contributed by atoms with Crippen LogP contribution < -0.4 is 21.0 Å². The van der Waals surface area contributed by atoms with Crippen LogP contribution in [0.2, 0.25) is 0 Å². The van der Waals surface area contributed by atoms with Crippen LogP contribution in [-0.4, -0.2) is 106 Å². The monoisotopic (exact) mass is 523 g/mol. The van der Waals surface area contributed by atoms with Crippen molar-refractivity contribution in [1.29, 1.82) is 0 Å². The number of fused-ring (bicyclic) bond motifs is 1. The van der Waals surface area contributed by atoms with Gasteiger partial charge in [-0.25, -0.2) is 0 Å². The van der Waals surface area contributed by atoms with E-state index in [0.717, 1.165) is 0 Å². The molecule has 0 saturated carbocycles. The standard InChI is InChI=1S/C25H19B6N3O6/c26-20-14(24(28,29)34-8-9-39-11-19(34)36)4-5-15(21(20)27)25(30,31)40-17-3-1-2-12-13(17)10-33(23(12)38)16-6-7-18(35)32-22(16)37/h1-5,16H,6-11H2,(H,32,35,37). The van der Waals surface area contributed by atoms with E-state index in [0.29, 0.717) is 11.1 Å². The smallest absolute Gasteiger partial charge is 0.255 e. The number of hydrogen-bond donors (Lipinski definition) is 1. The lowest BCUT2D eigenvalue weighted by Gasteiger charge is -2.44. The molecule has 1 unspecified atom stereocenters. The Morgan fingerprint density at radius 1 is 0.975 bits per heavy atom. The van der Waals surface area contributed by atoms with Gasteiger partial charge in [0.2, 0.25) is 17.7 Å². The number of carbonyl (C=O) groups is 4. The van der Waals surface area contributed by atoms with Gasteiger partial charge in [-0.15, -0.1) is 0 Å². The molecule has 0 bridgehead atoms. The summed E-state index contributed by atoms with van der Waals surface area (Å²) in [5.74, 6) is -1.52. The second-order valence-corrected chi connectivity index (χ2v) is 9.99. The molecule has 2 aromatic rings. The first-order valence-corrected chi connectivity index (χ1v) is 12.5. The zero-order valence-electron chi connectivity index (χ0n) is 21.5. The Labute approximate surface area is 239 Å². The SMILES string of the molecule is [B]c1c(C([B])([B])Oc2cccc3c2CN(C2CCC(=O)NC2=O)C3=O)ccc(C([B])([B])N2CCOCC2=O)c1[B]. The second-order valence-electron chi connectivity index (χ2n) is 9.99. The van der Waals surface area contributed by atoms with Gasteiger partial charge in [-0.1, -0.05) is 29.1 Å². The van der Waals surface area contributed by atoms with E-state index < -0.39 is 28.6 Å². The lowest BCUT2D eigenvalue weighted by molar-refractivity contribution is -0.145. The van der Waals surface area contributed by atoms with Crippen molar-refractivity contribution in [2.75, 3.05) is 19.8 Å². The molecular weight excluding hydrogens is 503 g/mol. The van der Waals surface area contributed by atoms with Crippen LogP contribution in [0.3, 0.4) is 0 Å². The van der Waals surface area contributed by atoms with Crippen molar-refractivity contribution in [3.05, 3.63) is 52.6 Å². The Kier molecular flexibility index (Phi) is 7.23. The Balaban J connectivity index is 1.42. The zero-order valence-corrected chi connectivity index (χ0v) is 21.5. The van der Waals surface area contributed by atoms with Crippen molar-refractivity contribution in [3.8, 4) is 5.75 Å². The van der Waals surface area contributed by atoms with E-state index in [2.05, 4.69) is 5.32 Å². The number of ether oxygens (including phenoxy) is 2. The van der Waals surface area contributed by atoms with Gasteiger partial charge >= 0.3 is 0 Å². The van der Waals surface area contributed by atoms with Crippen LogP contribution in [0.1, 0.15) is 39.9 Å². The summed E-state index contributed by atoms with van der Waals surface area (Å²) in [7, 11) is 38.1. The van der Waals surface area contributed by atoms with Gasteiger partial charge in [0.1, 0.15) is 49.8 Å². The molecule has 3 aliphatic heterocycles. The van der Waals surface area contributed by atoms with Gasteiger partial charge < -0.3 is 19.3 Å². The average molecular weight is 522 g/mol. The molecule has 9 nitrogen and oxygen atoms in total. The Morgan fingerprint density at radius 3 is 2.38 bits per heavy atom. The molecule has 15 heteroatoms. The van der Waals surface area contributed by atoms with Crippen LogP contribution >= 0.6 is 0 Å². The first-order valence-electron chi connectivity index (χ1n) is 12.5. The van der Waals surface area contributed by atoms with Gasteiger partial charge in [0.05, 0.1) is 28.8 Å². The number of imide groups is 1. The molecule has 3 aliphatic rings. The first kappa shape index (κ1) is 28.2. The van der Waals surface area contributed by atoms with E-state index in [1.165, 1.54) is 21.9 Å². The van der Waals surface area contributed by atoms with Crippen LogP contribution in [-0.2, 0) is 36.4 Å². The lowest BCUT2D eigenvalue weighted by Crippen LogP contribution is -2.58. The number of rotatable bonds is 6. The number of morpholine rings is 1. The first-order chi connectivity index (χ1) is 18.8. The number of piperidine rings is 1. The average Bonchev–Trinajstić information content (AvgIpc) is 3.22. The maximum absolute atomic E-state index is 13.1. The summed E-state index contributed by atoms with van der Waals surface area (Å²) >= 11 is 0. The fourth-order valence-electron chi connectivity index (χ4n) is 5.27. The molecule has 4 amide bonds. The summed E-state index contributed by atoms with van der Waals surface area (Å²) in [6, 6.07) is 6.88. The largest absolute Gasteiger partial charge is 0.502 e. The molecule has 0 aromatic heterocycles. The number of nitrogens with zero attached hydrogens (tertiary/aromatic N) is 2. The summed E-state index contributed by atoms with van der Waals surface area (Å²) in [4.78, 5) is 52.1. The van der Waals surface area contributed by atoms with Crippen LogP contribution in [0.25, 0.3) is 0 Å². The van der Waals surface area contributed by atoms with Crippen LogP contribution in [0, 0.1) is 0 Å². The molecule has 12 radical (unpaired) electrons. The van der Waals surface area contributed by atoms with Crippen molar-refractivity contribution in [2.45, 2.75) is 36.2 Å². The molecule has 0 aliphatic carbocycles. The lowest BCUT2D eigenvalue weighted by atomic mass is 9.51. The molecule has 2 fully saturated rings. The second kappa shape index (κ2) is 10.3.